The largest absolute Gasteiger partial charge is 0.465 e. The van der Waals surface area contributed by atoms with Crippen LogP contribution in [0.25, 0.3) is 10.2 Å². The lowest BCUT2D eigenvalue weighted by Gasteiger charge is -2.14. The Morgan fingerprint density at radius 3 is 2.61 bits per heavy atom. The van der Waals surface area contributed by atoms with Gasteiger partial charge in [0.15, 0.2) is 5.16 Å². The summed E-state index contributed by atoms with van der Waals surface area (Å²) in [6.45, 7) is 0. The number of thiophene rings is 1. The molecule has 1 saturated carbocycles. The van der Waals surface area contributed by atoms with Gasteiger partial charge in [0.1, 0.15) is 14.9 Å². The molecule has 3 rings (SSSR count). The van der Waals surface area contributed by atoms with Crippen LogP contribution in [0.4, 0.5) is 0 Å². The zero-order valence-corrected chi connectivity index (χ0v) is 15.4. The number of carbonyl (C=O) groups excluding carboxylic acids is 1. The Labute approximate surface area is 148 Å². The number of aliphatic hydroxyl groups is 1. The Kier molecular flexibility index (Phi) is 7.08. The number of methoxy groups -OCH3 is 1. The number of thioether (sulfide) groups is 1. The maximum atomic E-state index is 11.3. The van der Waals surface area contributed by atoms with Crippen LogP contribution in [0, 0.1) is 0 Å². The Morgan fingerprint density at radius 2 is 2.09 bits per heavy atom. The SMILES string of the molecule is COC(=O)c1cc2c(Cl)nc(SC)nc2s1.OC1CCCCC1. The third-order valence-electron chi connectivity index (χ3n) is 3.47. The van der Waals surface area contributed by atoms with E-state index < -0.39 is 0 Å². The molecule has 2 heterocycles. The van der Waals surface area contributed by atoms with E-state index >= 15 is 0 Å². The third kappa shape index (κ3) is 5.04. The molecule has 126 valence electrons. The van der Waals surface area contributed by atoms with Crippen LogP contribution in [0.5, 0.6) is 0 Å². The number of carbonyl (C=O) groups is 1. The highest BCUT2D eigenvalue weighted by molar-refractivity contribution is 7.98. The summed E-state index contributed by atoms with van der Waals surface area (Å²) in [7, 11) is 1.34. The van der Waals surface area contributed by atoms with Crippen molar-refractivity contribution in [3.63, 3.8) is 0 Å². The van der Waals surface area contributed by atoms with Crippen molar-refractivity contribution in [2.24, 2.45) is 0 Å². The van der Waals surface area contributed by atoms with Gasteiger partial charge in [-0.15, -0.1) is 11.3 Å². The number of hydrogen-bond acceptors (Lipinski definition) is 7. The molecule has 2 aromatic rings. The molecule has 2 aromatic heterocycles. The Balaban J connectivity index is 0.000000229. The van der Waals surface area contributed by atoms with E-state index in [1.54, 1.807) is 6.07 Å². The second-order valence-electron chi connectivity index (χ2n) is 5.11. The van der Waals surface area contributed by atoms with E-state index in [2.05, 4.69) is 14.7 Å². The van der Waals surface area contributed by atoms with Gasteiger partial charge in [0.05, 0.1) is 13.2 Å². The number of aromatic nitrogens is 2. The zero-order chi connectivity index (χ0) is 16.8. The Bertz CT molecular complexity index is 672. The molecule has 0 bridgehead atoms. The van der Waals surface area contributed by atoms with Gasteiger partial charge >= 0.3 is 5.97 Å². The van der Waals surface area contributed by atoms with Crippen LogP contribution >= 0.6 is 34.7 Å². The molecule has 0 amide bonds. The smallest absolute Gasteiger partial charge is 0.348 e. The number of nitrogens with zero attached hydrogens (tertiary/aromatic N) is 2. The Morgan fingerprint density at radius 1 is 1.39 bits per heavy atom. The Hall–Kier alpha value is -0.890. The first kappa shape index (κ1) is 18.4. The van der Waals surface area contributed by atoms with Crippen molar-refractivity contribution in [1.29, 1.82) is 0 Å². The van der Waals surface area contributed by atoms with E-state index in [1.165, 1.54) is 49.5 Å². The van der Waals surface area contributed by atoms with Crippen molar-refractivity contribution < 1.29 is 14.6 Å². The minimum atomic E-state index is -0.384. The van der Waals surface area contributed by atoms with Gasteiger partial charge in [-0.1, -0.05) is 42.6 Å². The molecule has 0 unspecified atom stereocenters. The average molecular weight is 375 g/mol. The quantitative estimate of drug-likeness (QED) is 0.368. The number of hydrogen-bond donors (Lipinski definition) is 1. The maximum absolute atomic E-state index is 11.3. The number of fused-ring (bicyclic) bond motifs is 1. The van der Waals surface area contributed by atoms with E-state index in [0.717, 1.165) is 12.8 Å². The summed E-state index contributed by atoms with van der Waals surface area (Å²) in [5.74, 6) is -0.384. The highest BCUT2D eigenvalue weighted by Crippen LogP contribution is 2.30. The summed E-state index contributed by atoms with van der Waals surface area (Å²) in [5.41, 5.74) is 0. The van der Waals surface area contributed by atoms with Crippen LogP contribution in [0.1, 0.15) is 41.8 Å². The minimum absolute atomic E-state index is 0.0359. The van der Waals surface area contributed by atoms with E-state index in [4.69, 9.17) is 16.7 Å². The predicted octanol–water partition coefficient (Wildman–Crippen LogP) is 4.16. The van der Waals surface area contributed by atoms with Crippen LogP contribution < -0.4 is 0 Å². The summed E-state index contributed by atoms with van der Waals surface area (Å²) < 4.78 is 4.64. The number of esters is 1. The molecule has 8 heteroatoms. The lowest BCUT2D eigenvalue weighted by Crippen LogP contribution is -2.09. The van der Waals surface area contributed by atoms with Crippen molar-refractivity contribution in [1.82, 2.24) is 9.97 Å². The number of ether oxygens (including phenoxy) is 1. The molecule has 1 N–H and O–H groups in total. The normalized spacial score (nSPS) is 15.1. The van der Waals surface area contributed by atoms with Gasteiger partial charge in [-0.05, 0) is 25.2 Å². The summed E-state index contributed by atoms with van der Waals surface area (Å²) in [4.78, 5) is 20.9. The molecule has 0 saturated heterocycles. The molecule has 0 radical (unpaired) electrons. The maximum Gasteiger partial charge on any atom is 0.348 e. The molecule has 0 aromatic carbocycles. The standard InChI is InChI=1S/C9H7ClN2O2S2.C6H12O/c1-14-8(13)5-3-4-6(10)11-9(15-2)12-7(4)16-5;7-6-4-2-1-3-5-6/h3H,1-2H3;6-7H,1-5H2. The highest BCUT2D eigenvalue weighted by Gasteiger charge is 2.14. The number of halogens is 1. The second-order valence-corrected chi connectivity index (χ2v) is 7.28. The second kappa shape index (κ2) is 8.82. The summed E-state index contributed by atoms with van der Waals surface area (Å²) in [6, 6.07) is 1.65. The van der Waals surface area contributed by atoms with Crippen LogP contribution in [0.15, 0.2) is 11.2 Å². The summed E-state index contributed by atoms with van der Waals surface area (Å²) >= 11 is 8.65. The summed E-state index contributed by atoms with van der Waals surface area (Å²) in [6.07, 6.45) is 7.79. The number of rotatable bonds is 2. The van der Waals surface area contributed by atoms with Crippen LogP contribution in [0.2, 0.25) is 5.15 Å². The van der Waals surface area contributed by atoms with E-state index in [-0.39, 0.29) is 12.1 Å². The molecule has 1 fully saturated rings. The zero-order valence-electron chi connectivity index (χ0n) is 13.0. The minimum Gasteiger partial charge on any atom is -0.465 e. The van der Waals surface area contributed by atoms with E-state index in [9.17, 15) is 4.79 Å². The van der Waals surface area contributed by atoms with E-state index in [1.807, 2.05) is 6.26 Å². The van der Waals surface area contributed by atoms with Gasteiger partial charge in [-0.25, -0.2) is 14.8 Å². The van der Waals surface area contributed by atoms with E-state index in [0.29, 0.717) is 25.4 Å². The predicted molar refractivity (Wildman–Crippen MR) is 94.6 cm³/mol. The molecule has 0 spiro atoms. The third-order valence-corrected chi connectivity index (χ3v) is 5.31. The lowest BCUT2D eigenvalue weighted by atomic mass is 9.98. The summed E-state index contributed by atoms with van der Waals surface area (Å²) in [5, 5.41) is 10.5. The first-order chi connectivity index (χ1) is 11.0. The van der Waals surface area contributed by atoms with Crippen molar-refractivity contribution >= 4 is 50.9 Å². The van der Waals surface area contributed by atoms with Crippen LogP contribution in [-0.2, 0) is 4.74 Å². The molecule has 0 aliphatic heterocycles. The van der Waals surface area contributed by atoms with Crippen molar-refractivity contribution in [3.8, 4) is 0 Å². The average Bonchev–Trinajstić information content (AvgIpc) is 3.00. The van der Waals surface area contributed by atoms with Gasteiger partial charge in [0, 0.05) is 5.39 Å². The first-order valence-corrected chi connectivity index (χ1v) is 9.74. The number of aliphatic hydroxyl groups excluding tert-OH is 1. The van der Waals surface area contributed by atoms with Crippen molar-refractivity contribution in [2.75, 3.05) is 13.4 Å². The van der Waals surface area contributed by atoms with Gasteiger partial charge in [0.2, 0.25) is 0 Å². The lowest BCUT2D eigenvalue weighted by molar-refractivity contribution is 0.0606. The topological polar surface area (TPSA) is 72.3 Å². The highest BCUT2D eigenvalue weighted by atomic mass is 35.5. The van der Waals surface area contributed by atoms with Crippen LogP contribution in [0.3, 0.4) is 0 Å². The molecule has 1 aliphatic rings. The van der Waals surface area contributed by atoms with Crippen molar-refractivity contribution in [2.45, 2.75) is 43.4 Å². The molecule has 1 aliphatic carbocycles. The monoisotopic (exact) mass is 374 g/mol. The first-order valence-electron chi connectivity index (χ1n) is 7.32. The fourth-order valence-corrected chi connectivity index (χ4v) is 3.94. The van der Waals surface area contributed by atoms with Crippen LogP contribution in [-0.4, -0.2) is 40.5 Å². The fourth-order valence-electron chi connectivity index (χ4n) is 2.24. The molecule has 23 heavy (non-hydrogen) atoms. The van der Waals surface area contributed by atoms with Crippen molar-refractivity contribution in [3.05, 3.63) is 16.1 Å². The molecular weight excluding hydrogens is 356 g/mol. The molecule has 5 nitrogen and oxygen atoms in total. The molecule has 0 atom stereocenters. The van der Waals surface area contributed by atoms with Gasteiger partial charge in [0.25, 0.3) is 0 Å². The molecular formula is C15H19ClN2O3S2. The van der Waals surface area contributed by atoms with Gasteiger partial charge < -0.3 is 9.84 Å². The fraction of sp³-hybridized carbons (Fsp3) is 0.533. The van der Waals surface area contributed by atoms with Gasteiger partial charge in [-0.3, -0.25) is 0 Å². The van der Waals surface area contributed by atoms with Gasteiger partial charge in [-0.2, -0.15) is 0 Å².